The van der Waals surface area contributed by atoms with Gasteiger partial charge in [-0.15, -0.1) is 0 Å². The van der Waals surface area contributed by atoms with Crippen molar-refractivity contribution in [2.45, 2.75) is 24.9 Å². The van der Waals surface area contributed by atoms with Gasteiger partial charge in [-0.2, -0.15) is 0 Å². The van der Waals surface area contributed by atoms with E-state index in [-0.39, 0.29) is 0 Å². The van der Waals surface area contributed by atoms with E-state index in [4.69, 9.17) is 5.73 Å². The Bertz CT molecular complexity index is 311. The van der Waals surface area contributed by atoms with Gasteiger partial charge in [-0.1, -0.05) is 24.3 Å². The van der Waals surface area contributed by atoms with E-state index < -0.39 is 5.60 Å². The molecule has 1 aliphatic rings. The third-order valence-corrected chi connectivity index (χ3v) is 2.89. The van der Waals surface area contributed by atoms with E-state index in [0.29, 0.717) is 6.54 Å². The number of aryl methyl sites for hydroxylation is 1. The minimum Gasteiger partial charge on any atom is -0.384 e. The van der Waals surface area contributed by atoms with Gasteiger partial charge in [0, 0.05) is 6.54 Å². The normalized spacial score (nSPS) is 26.9. The molecule has 0 heterocycles. The third-order valence-electron chi connectivity index (χ3n) is 2.89. The lowest BCUT2D eigenvalue weighted by Crippen LogP contribution is -2.38. The first-order chi connectivity index (χ1) is 6.26. The number of rotatable bonds is 1. The Hall–Kier alpha value is -0.860. The van der Waals surface area contributed by atoms with Crippen molar-refractivity contribution in [1.82, 2.24) is 0 Å². The van der Waals surface area contributed by atoms with Crippen LogP contribution in [-0.2, 0) is 12.0 Å². The van der Waals surface area contributed by atoms with E-state index >= 15 is 0 Å². The van der Waals surface area contributed by atoms with E-state index in [1.807, 2.05) is 18.2 Å². The van der Waals surface area contributed by atoms with E-state index in [1.54, 1.807) is 0 Å². The minimum atomic E-state index is -0.769. The largest absolute Gasteiger partial charge is 0.384 e. The summed E-state index contributed by atoms with van der Waals surface area (Å²) in [6.45, 7) is 0.323. The van der Waals surface area contributed by atoms with Crippen LogP contribution >= 0.6 is 0 Å². The zero-order valence-electron chi connectivity index (χ0n) is 7.66. The van der Waals surface area contributed by atoms with Crippen LogP contribution in [0, 0.1) is 0 Å². The molecule has 0 aromatic heterocycles. The van der Waals surface area contributed by atoms with Crippen LogP contribution in [0.1, 0.15) is 24.0 Å². The van der Waals surface area contributed by atoms with Gasteiger partial charge in [0.2, 0.25) is 0 Å². The topological polar surface area (TPSA) is 46.2 Å². The Kier molecular flexibility index (Phi) is 2.10. The lowest BCUT2D eigenvalue weighted by atomic mass is 9.79. The van der Waals surface area contributed by atoms with Gasteiger partial charge in [-0.3, -0.25) is 0 Å². The summed E-state index contributed by atoms with van der Waals surface area (Å²) >= 11 is 0. The van der Waals surface area contributed by atoms with Crippen molar-refractivity contribution >= 4 is 0 Å². The molecule has 3 N–H and O–H groups in total. The second kappa shape index (κ2) is 3.13. The molecule has 1 aliphatic carbocycles. The molecule has 0 radical (unpaired) electrons. The summed E-state index contributed by atoms with van der Waals surface area (Å²) in [5, 5.41) is 10.2. The van der Waals surface area contributed by atoms with Gasteiger partial charge in [0.15, 0.2) is 0 Å². The molecule has 0 saturated carbocycles. The molecule has 1 aromatic carbocycles. The highest BCUT2D eigenvalue weighted by Crippen LogP contribution is 2.33. The van der Waals surface area contributed by atoms with Gasteiger partial charge in [0.05, 0.1) is 0 Å². The second-order valence-electron chi connectivity index (χ2n) is 3.75. The van der Waals surface area contributed by atoms with Crippen LogP contribution < -0.4 is 5.73 Å². The number of fused-ring (bicyclic) bond motifs is 1. The van der Waals surface area contributed by atoms with Crippen molar-refractivity contribution in [3.63, 3.8) is 0 Å². The zero-order chi connectivity index (χ0) is 9.31. The van der Waals surface area contributed by atoms with Crippen molar-refractivity contribution in [2.24, 2.45) is 5.73 Å². The van der Waals surface area contributed by atoms with E-state index in [2.05, 4.69) is 6.07 Å². The number of hydrogen-bond acceptors (Lipinski definition) is 2. The Balaban J connectivity index is 2.48. The second-order valence-corrected chi connectivity index (χ2v) is 3.75. The maximum Gasteiger partial charge on any atom is 0.102 e. The van der Waals surface area contributed by atoms with E-state index in [0.717, 1.165) is 24.8 Å². The molecule has 0 saturated heterocycles. The van der Waals surface area contributed by atoms with Gasteiger partial charge in [0.25, 0.3) is 0 Å². The lowest BCUT2D eigenvalue weighted by Gasteiger charge is -2.33. The Morgan fingerprint density at radius 2 is 2.15 bits per heavy atom. The highest BCUT2D eigenvalue weighted by Gasteiger charge is 2.32. The Morgan fingerprint density at radius 3 is 2.92 bits per heavy atom. The summed E-state index contributed by atoms with van der Waals surface area (Å²) in [5.74, 6) is 0. The molecule has 2 heteroatoms. The summed E-state index contributed by atoms with van der Waals surface area (Å²) < 4.78 is 0. The predicted octanol–water partition coefficient (Wildman–Crippen LogP) is 1.17. The molecule has 13 heavy (non-hydrogen) atoms. The molecule has 70 valence electrons. The molecule has 0 bridgehead atoms. The van der Waals surface area contributed by atoms with E-state index in [1.165, 1.54) is 5.56 Å². The maximum atomic E-state index is 10.2. The molecule has 1 aromatic rings. The highest BCUT2D eigenvalue weighted by atomic mass is 16.3. The number of aliphatic hydroxyl groups is 1. The molecule has 2 nitrogen and oxygen atoms in total. The first kappa shape index (κ1) is 8.73. The quantitative estimate of drug-likeness (QED) is 0.676. The molecular weight excluding hydrogens is 162 g/mol. The van der Waals surface area contributed by atoms with Crippen LogP contribution in [-0.4, -0.2) is 11.7 Å². The molecular formula is C11H15NO. The molecule has 1 unspecified atom stereocenters. The highest BCUT2D eigenvalue weighted by molar-refractivity contribution is 5.34. The SMILES string of the molecule is NCC1(O)CCCc2ccccc21. The van der Waals surface area contributed by atoms with Gasteiger partial charge < -0.3 is 10.8 Å². The van der Waals surface area contributed by atoms with Crippen LogP contribution in [0.2, 0.25) is 0 Å². The standard InChI is InChI=1S/C11H15NO/c12-8-11(13)7-3-5-9-4-1-2-6-10(9)11/h1-2,4,6,13H,3,5,7-8,12H2. The fraction of sp³-hybridized carbons (Fsp3) is 0.455. The van der Waals surface area contributed by atoms with Crippen LogP contribution in [0.5, 0.6) is 0 Å². The predicted molar refractivity (Wildman–Crippen MR) is 52.3 cm³/mol. The average molecular weight is 177 g/mol. The molecule has 0 amide bonds. The summed E-state index contributed by atoms with van der Waals surface area (Å²) in [7, 11) is 0. The minimum absolute atomic E-state index is 0.323. The molecule has 0 aliphatic heterocycles. The number of nitrogens with two attached hydrogens (primary N) is 1. The van der Waals surface area contributed by atoms with Crippen LogP contribution in [0.3, 0.4) is 0 Å². The Labute approximate surface area is 78.4 Å². The number of hydrogen-bond donors (Lipinski definition) is 2. The Morgan fingerprint density at radius 1 is 1.38 bits per heavy atom. The van der Waals surface area contributed by atoms with Crippen molar-refractivity contribution < 1.29 is 5.11 Å². The molecule has 1 atom stereocenters. The van der Waals surface area contributed by atoms with E-state index in [9.17, 15) is 5.11 Å². The molecule has 0 spiro atoms. The van der Waals surface area contributed by atoms with Gasteiger partial charge in [0.1, 0.15) is 5.60 Å². The van der Waals surface area contributed by atoms with Crippen molar-refractivity contribution in [2.75, 3.05) is 6.54 Å². The van der Waals surface area contributed by atoms with Crippen LogP contribution in [0.25, 0.3) is 0 Å². The summed E-state index contributed by atoms with van der Waals surface area (Å²) in [6, 6.07) is 8.04. The smallest absolute Gasteiger partial charge is 0.102 e. The first-order valence-corrected chi connectivity index (χ1v) is 4.77. The fourth-order valence-corrected chi connectivity index (χ4v) is 2.11. The zero-order valence-corrected chi connectivity index (χ0v) is 7.66. The van der Waals surface area contributed by atoms with Gasteiger partial charge >= 0.3 is 0 Å². The average Bonchev–Trinajstić information content (AvgIpc) is 2.19. The van der Waals surface area contributed by atoms with Crippen molar-refractivity contribution in [3.8, 4) is 0 Å². The third kappa shape index (κ3) is 1.36. The lowest BCUT2D eigenvalue weighted by molar-refractivity contribution is 0.0280. The van der Waals surface area contributed by atoms with Crippen LogP contribution in [0.15, 0.2) is 24.3 Å². The molecule has 2 rings (SSSR count). The fourth-order valence-electron chi connectivity index (χ4n) is 2.11. The summed E-state index contributed by atoms with van der Waals surface area (Å²) in [4.78, 5) is 0. The van der Waals surface area contributed by atoms with Crippen molar-refractivity contribution in [1.29, 1.82) is 0 Å². The maximum absolute atomic E-state index is 10.2. The summed E-state index contributed by atoms with van der Waals surface area (Å²) in [6.07, 6.45) is 2.89. The summed E-state index contributed by atoms with van der Waals surface area (Å²) in [5.41, 5.74) is 7.12. The molecule has 0 fully saturated rings. The van der Waals surface area contributed by atoms with Crippen molar-refractivity contribution in [3.05, 3.63) is 35.4 Å². The first-order valence-electron chi connectivity index (χ1n) is 4.77. The monoisotopic (exact) mass is 177 g/mol. The van der Waals surface area contributed by atoms with Crippen LogP contribution in [0.4, 0.5) is 0 Å². The number of benzene rings is 1. The van der Waals surface area contributed by atoms with Gasteiger partial charge in [-0.05, 0) is 30.4 Å². The van der Waals surface area contributed by atoms with Gasteiger partial charge in [-0.25, -0.2) is 0 Å².